The molecule has 0 atom stereocenters. The van der Waals surface area contributed by atoms with Crippen molar-refractivity contribution in [3.8, 4) is 0 Å². The van der Waals surface area contributed by atoms with E-state index >= 15 is 0 Å². The van der Waals surface area contributed by atoms with Gasteiger partial charge in [-0.1, -0.05) is 24.3 Å². The zero-order valence-corrected chi connectivity index (χ0v) is 11.7. The van der Waals surface area contributed by atoms with E-state index in [9.17, 15) is 8.78 Å². The molecule has 0 aliphatic carbocycles. The van der Waals surface area contributed by atoms with Gasteiger partial charge in [-0.05, 0) is 48.2 Å². The Bertz CT molecular complexity index is 521. The minimum atomic E-state index is -0.551. The number of aliphatic hydroxyl groups excluding tert-OH is 1. The Morgan fingerprint density at radius 3 is 1.62 bits per heavy atom. The minimum Gasteiger partial charge on any atom is -0.396 e. The summed E-state index contributed by atoms with van der Waals surface area (Å²) in [7, 11) is 0. The van der Waals surface area contributed by atoms with Gasteiger partial charge in [0.25, 0.3) is 0 Å². The number of nitrogens with two attached hydrogens (primary N) is 1. The van der Waals surface area contributed by atoms with Crippen molar-refractivity contribution in [1.29, 1.82) is 0 Å². The first-order chi connectivity index (χ1) is 10.1. The lowest BCUT2D eigenvalue weighted by Gasteiger charge is -2.34. The fourth-order valence-electron chi connectivity index (χ4n) is 2.71. The van der Waals surface area contributed by atoms with E-state index in [2.05, 4.69) is 0 Å². The second kappa shape index (κ2) is 6.78. The molecule has 2 aromatic carbocycles. The lowest BCUT2D eigenvalue weighted by molar-refractivity contribution is 0.270. The van der Waals surface area contributed by atoms with Gasteiger partial charge in [-0.25, -0.2) is 8.78 Å². The lowest BCUT2D eigenvalue weighted by Crippen LogP contribution is -2.36. The molecular formula is C17H19F2NO. The van der Waals surface area contributed by atoms with Crippen molar-refractivity contribution in [2.45, 2.75) is 18.3 Å². The summed E-state index contributed by atoms with van der Waals surface area (Å²) in [6.07, 6.45) is 1.17. The predicted molar refractivity (Wildman–Crippen MR) is 79.0 cm³/mol. The molecule has 0 spiro atoms. The third-order valence-corrected chi connectivity index (χ3v) is 3.90. The normalized spacial score (nSPS) is 11.6. The number of hydrogen-bond donors (Lipinski definition) is 2. The Morgan fingerprint density at radius 1 is 0.857 bits per heavy atom. The van der Waals surface area contributed by atoms with E-state index in [1.54, 1.807) is 24.3 Å². The van der Waals surface area contributed by atoms with E-state index in [0.717, 1.165) is 11.1 Å². The molecule has 0 radical (unpaired) electrons. The van der Waals surface area contributed by atoms with Gasteiger partial charge in [0, 0.05) is 18.6 Å². The Kier molecular flexibility index (Phi) is 5.04. The van der Waals surface area contributed by atoms with Crippen LogP contribution in [0.5, 0.6) is 0 Å². The maximum Gasteiger partial charge on any atom is 0.123 e. The largest absolute Gasteiger partial charge is 0.396 e. The summed E-state index contributed by atoms with van der Waals surface area (Å²) in [6, 6.07) is 12.4. The molecule has 3 N–H and O–H groups in total. The molecule has 0 fully saturated rings. The van der Waals surface area contributed by atoms with Crippen molar-refractivity contribution in [3.05, 3.63) is 71.3 Å². The van der Waals surface area contributed by atoms with Crippen molar-refractivity contribution in [3.63, 3.8) is 0 Å². The van der Waals surface area contributed by atoms with Gasteiger partial charge in [0.15, 0.2) is 0 Å². The highest BCUT2D eigenvalue weighted by Gasteiger charge is 2.32. The molecule has 21 heavy (non-hydrogen) atoms. The zero-order chi connectivity index (χ0) is 15.3. The third-order valence-electron chi connectivity index (χ3n) is 3.90. The maximum absolute atomic E-state index is 13.2. The molecule has 0 bridgehead atoms. The molecule has 0 saturated carbocycles. The third kappa shape index (κ3) is 3.28. The second-order valence-corrected chi connectivity index (χ2v) is 5.13. The number of aliphatic hydroxyl groups is 1. The van der Waals surface area contributed by atoms with E-state index in [1.807, 2.05) is 0 Å². The summed E-state index contributed by atoms with van der Waals surface area (Å²) < 4.78 is 26.3. The van der Waals surface area contributed by atoms with Gasteiger partial charge in [0.2, 0.25) is 0 Å². The van der Waals surface area contributed by atoms with Crippen LogP contribution < -0.4 is 5.73 Å². The Hall–Kier alpha value is -1.78. The van der Waals surface area contributed by atoms with Gasteiger partial charge < -0.3 is 10.8 Å². The predicted octanol–water partition coefficient (Wildman–Crippen LogP) is 2.98. The van der Waals surface area contributed by atoms with Crippen molar-refractivity contribution < 1.29 is 13.9 Å². The fraction of sp³-hybridized carbons (Fsp3) is 0.294. The minimum absolute atomic E-state index is 0.0458. The summed E-state index contributed by atoms with van der Waals surface area (Å²) in [5.41, 5.74) is 7.20. The quantitative estimate of drug-likeness (QED) is 0.859. The maximum atomic E-state index is 13.2. The van der Waals surface area contributed by atoms with Gasteiger partial charge in [-0.2, -0.15) is 0 Å². The number of benzene rings is 2. The van der Waals surface area contributed by atoms with E-state index < -0.39 is 5.41 Å². The molecular weight excluding hydrogens is 272 g/mol. The van der Waals surface area contributed by atoms with Crippen molar-refractivity contribution in [2.75, 3.05) is 13.2 Å². The average molecular weight is 291 g/mol. The number of rotatable bonds is 6. The fourth-order valence-corrected chi connectivity index (χ4v) is 2.71. The SMILES string of the molecule is NCC(CCCO)(c1ccc(F)cc1)c1ccc(F)cc1. The standard InChI is InChI=1S/C17H19F2NO/c18-15-6-2-13(3-7-15)17(12-20,10-1-11-21)14-4-8-16(19)9-5-14/h2-9,21H,1,10-12,20H2. The van der Waals surface area contributed by atoms with Crippen LogP contribution in [0.4, 0.5) is 8.78 Å². The molecule has 0 amide bonds. The Labute approximate surface area is 123 Å². The highest BCUT2D eigenvalue weighted by molar-refractivity contribution is 5.40. The lowest BCUT2D eigenvalue weighted by atomic mass is 9.71. The molecule has 4 heteroatoms. The van der Waals surface area contributed by atoms with E-state index in [1.165, 1.54) is 24.3 Å². The summed E-state index contributed by atoms with van der Waals surface area (Å²) in [4.78, 5) is 0. The second-order valence-electron chi connectivity index (χ2n) is 5.13. The van der Waals surface area contributed by atoms with Crippen LogP contribution >= 0.6 is 0 Å². The molecule has 0 heterocycles. The molecule has 2 nitrogen and oxygen atoms in total. The van der Waals surface area contributed by atoms with Gasteiger partial charge in [0.05, 0.1) is 0 Å². The summed E-state index contributed by atoms with van der Waals surface area (Å²) >= 11 is 0. The van der Waals surface area contributed by atoms with Crippen molar-refractivity contribution >= 4 is 0 Å². The monoisotopic (exact) mass is 291 g/mol. The highest BCUT2D eigenvalue weighted by Crippen LogP contribution is 2.36. The molecule has 0 saturated heterocycles. The molecule has 2 aromatic rings. The van der Waals surface area contributed by atoms with Crippen molar-refractivity contribution in [2.24, 2.45) is 5.73 Å². The van der Waals surface area contributed by atoms with Crippen LogP contribution in [0, 0.1) is 11.6 Å². The molecule has 0 unspecified atom stereocenters. The molecule has 112 valence electrons. The van der Waals surface area contributed by atoms with Gasteiger partial charge in [-0.3, -0.25) is 0 Å². The molecule has 0 aliphatic rings. The van der Waals surface area contributed by atoms with E-state index in [0.29, 0.717) is 19.4 Å². The Morgan fingerprint density at radius 2 is 1.29 bits per heavy atom. The van der Waals surface area contributed by atoms with Gasteiger partial charge in [0.1, 0.15) is 11.6 Å². The number of hydrogen-bond acceptors (Lipinski definition) is 2. The van der Waals surface area contributed by atoms with Crippen LogP contribution in [-0.4, -0.2) is 18.3 Å². The molecule has 2 rings (SSSR count). The molecule has 0 aromatic heterocycles. The first-order valence-electron chi connectivity index (χ1n) is 6.95. The van der Waals surface area contributed by atoms with Crippen LogP contribution in [0.2, 0.25) is 0 Å². The highest BCUT2D eigenvalue weighted by atomic mass is 19.1. The summed E-state index contributed by atoms with van der Waals surface area (Å²) in [6.45, 7) is 0.342. The van der Waals surface area contributed by atoms with Crippen LogP contribution in [0.15, 0.2) is 48.5 Å². The first-order valence-corrected chi connectivity index (χ1v) is 6.95. The smallest absolute Gasteiger partial charge is 0.123 e. The summed E-state index contributed by atoms with van der Waals surface area (Å²) in [5, 5.41) is 9.15. The number of halogens is 2. The van der Waals surface area contributed by atoms with Crippen molar-refractivity contribution in [1.82, 2.24) is 0 Å². The van der Waals surface area contributed by atoms with E-state index in [4.69, 9.17) is 10.8 Å². The average Bonchev–Trinajstić information content (AvgIpc) is 2.51. The van der Waals surface area contributed by atoms with Gasteiger partial charge in [-0.15, -0.1) is 0 Å². The van der Waals surface area contributed by atoms with Crippen LogP contribution in [0.1, 0.15) is 24.0 Å². The Balaban J connectivity index is 2.51. The van der Waals surface area contributed by atoms with Crippen LogP contribution in [0.25, 0.3) is 0 Å². The van der Waals surface area contributed by atoms with Crippen LogP contribution in [-0.2, 0) is 5.41 Å². The molecule has 0 aliphatic heterocycles. The topological polar surface area (TPSA) is 46.2 Å². The first kappa shape index (κ1) is 15.6. The zero-order valence-electron chi connectivity index (χ0n) is 11.7. The van der Waals surface area contributed by atoms with Crippen LogP contribution in [0.3, 0.4) is 0 Å². The van der Waals surface area contributed by atoms with E-state index in [-0.39, 0.29) is 18.2 Å². The van der Waals surface area contributed by atoms with Gasteiger partial charge >= 0.3 is 0 Å². The summed E-state index contributed by atoms with van der Waals surface area (Å²) in [5.74, 6) is -0.628.